The summed E-state index contributed by atoms with van der Waals surface area (Å²) in [4.78, 5) is 19.8. The van der Waals surface area contributed by atoms with E-state index in [1.807, 2.05) is 42.6 Å². The topological polar surface area (TPSA) is 75.6 Å². The minimum atomic E-state index is -0.0734. The van der Waals surface area contributed by atoms with Gasteiger partial charge in [0.1, 0.15) is 6.33 Å². The number of nitrogens with zero attached hydrogens (tertiary/aromatic N) is 3. The molecule has 6 heteroatoms. The molecule has 0 atom stereocenters. The van der Waals surface area contributed by atoms with Crippen LogP contribution in [-0.2, 0) is 6.54 Å². The Balaban J connectivity index is 1.48. The van der Waals surface area contributed by atoms with Crippen molar-refractivity contribution < 1.29 is 4.79 Å². The van der Waals surface area contributed by atoms with E-state index in [0.29, 0.717) is 18.3 Å². The number of hydrogen-bond acceptors (Lipinski definition) is 3. The molecule has 2 aromatic heterocycles. The zero-order chi connectivity index (χ0) is 15.6. The number of hydrogen-bond donors (Lipinski definition) is 2. The Hall–Kier alpha value is -2.89. The van der Waals surface area contributed by atoms with Crippen molar-refractivity contribution in [3.05, 3.63) is 66.0 Å². The molecule has 0 unspecified atom stereocenters. The predicted octanol–water partition coefficient (Wildman–Crippen LogP) is 2.40. The summed E-state index contributed by atoms with van der Waals surface area (Å²) in [5.41, 5.74) is 2.71. The number of aromatic nitrogens is 4. The van der Waals surface area contributed by atoms with Gasteiger partial charge >= 0.3 is 0 Å². The maximum absolute atomic E-state index is 12.4. The van der Waals surface area contributed by atoms with E-state index < -0.39 is 0 Å². The van der Waals surface area contributed by atoms with Gasteiger partial charge in [-0.25, -0.2) is 9.67 Å². The van der Waals surface area contributed by atoms with Crippen LogP contribution in [-0.4, -0.2) is 25.7 Å². The predicted molar refractivity (Wildman–Crippen MR) is 85.3 cm³/mol. The number of rotatable bonds is 5. The van der Waals surface area contributed by atoms with E-state index in [9.17, 15) is 4.79 Å². The molecular formula is C17H17N5O. The van der Waals surface area contributed by atoms with E-state index in [2.05, 4.69) is 20.4 Å². The van der Waals surface area contributed by atoms with Gasteiger partial charge in [0.25, 0.3) is 5.91 Å². The Labute approximate surface area is 133 Å². The number of amides is 1. The fourth-order valence-electron chi connectivity index (χ4n) is 2.72. The number of carbonyl (C=O) groups excluding carboxylic acids is 1. The van der Waals surface area contributed by atoms with Crippen LogP contribution >= 0.6 is 0 Å². The van der Waals surface area contributed by atoms with E-state index in [4.69, 9.17) is 0 Å². The van der Waals surface area contributed by atoms with E-state index in [1.165, 1.54) is 6.33 Å². The first-order valence-electron chi connectivity index (χ1n) is 7.72. The van der Waals surface area contributed by atoms with Crippen molar-refractivity contribution in [3.63, 3.8) is 0 Å². The van der Waals surface area contributed by atoms with Gasteiger partial charge < -0.3 is 10.3 Å². The van der Waals surface area contributed by atoms with Gasteiger partial charge in [0, 0.05) is 11.9 Å². The summed E-state index contributed by atoms with van der Waals surface area (Å²) in [6.07, 6.45) is 5.64. The molecule has 1 aliphatic rings. The molecule has 0 spiro atoms. The van der Waals surface area contributed by atoms with Crippen molar-refractivity contribution in [2.75, 3.05) is 0 Å². The molecule has 116 valence electrons. The van der Waals surface area contributed by atoms with Crippen LogP contribution in [0.5, 0.6) is 0 Å². The first-order chi connectivity index (χ1) is 11.3. The SMILES string of the molecule is O=C(NCc1ncnn1-c1ccccc1)c1cc[nH]c1C1CC1. The Morgan fingerprint density at radius 1 is 1.26 bits per heavy atom. The number of nitrogens with one attached hydrogen (secondary N) is 2. The largest absolute Gasteiger partial charge is 0.364 e. The van der Waals surface area contributed by atoms with E-state index in [0.717, 1.165) is 29.8 Å². The van der Waals surface area contributed by atoms with Gasteiger partial charge in [0.2, 0.25) is 0 Å². The van der Waals surface area contributed by atoms with Crippen LogP contribution < -0.4 is 5.32 Å². The second-order valence-corrected chi connectivity index (χ2v) is 5.69. The normalized spacial score (nSPS) is 13.9. The highest BCUT2D eigenvalue weighted by atomic mass is 16.1. The number of H-pyrrole nitrogens is 1. The lowest BCUT2D eigenvalue weighted by molar-refractivity contribution is 0.0949. The standard InChI is InChI=1S/C17H17N5O/c23-17(14-8-9-18-16(14)12-6-7-12)19-10-15-20-11-21-22(15)13-4-2-1-3-5-13/h1-5,8-9,11-12,18H,6-7,10H2,(H,19,23). The van der Waals surface area contributed by atoms with E-state index in [1.54, 1.807) is 4.68 Å². The van der Waals surface area contributed by atoms with Crippen molar-refractivity contribution in [2.24, 2.45) is 0 Å². The third kappa shape index (κ3) is 2.75. The van der Waals surface area contributed by atoms with Gasteiger partial charge in [-0.15, -0.1) is 0 Å². The molecule has 0 aliphatic heterocycles. The fraction of sp³-hybridized carbons (Fsp3) is 0.235. The second-order valence-electron chi connectivity index (χ2n) is 5.69. The van der Waals surface area contributed by atoms with Crippen molar-refractivity contribution in [3.8, 4) is 5.69 Å². The van der Waals surface area contributed by atoms with Crippen LogP contribution in [0.2, 0.25) is 0 Å². The monoisotopic (exact) mass is 307 g/mol. The molecule has 1 saturated carbocycles. The van der Waals surface area contributed by atoms with Gasteiger partial charge in [0.15, 0.2) is 5.82 Å². The molecule has 3 aromatic rings. The van der Waals surface area contributed by atoms with Crippen LogP contribution in [0.4, 0.5) is 0 Å². The van der Waals surface area contributed by atoms with Crippen molar-refractivity contribution in [1.82, 2.24) is 25.1 Å². The van der Waals surface area contributed by atoms with Crippen molar-refractivity contribution in [1.29, 1.82) is 0 Å². The average molecular weight is 307 g/mol. The third-order valence-corrected chi connectivity index (χ3v) is 4.04. The molecule has 1 aliphatic carbocycles. The summed E-state index contributed by atoms with van der Waals surface area (Å²) in [6, 6.07) is 11.6. The maximum atomic E-state index is 12.4. The van der Waals surface area contributed by atoms with E-state index >= 15 is 0 Å². The molecule has 0 saturated heterocycles. The number of benzene rings is 1. The number of carbonyl (C=O) groups is 1. The zero-order valence-corrected chi connectivity index (χ0v) is 12.6. The molecular weight excluding hydrogens is 290 g/mol. The summed E-state index contributed by atoms with van der Waals surface area (Å²) in [6.45, 7) is 0.336. The maximum Gasteiger partial charge on any atom is 0.253 e. The lowest BCUT2D eigenvalue weighted by atomic mass is 10.1. The molecule has 1 fully saturated rings. The summed E-state index contributed by atoms with van der Waals surface area (Å²) in [5.74, 6) is 1.14. The van der Waals surface area contributed by atoms with Gasteiger partial charge in [0.05, 0.1) is 17.8 Å². The van der Waals surface area contributed by atoms with Crippen LogP contribution in [0.25, 0.3) is 5.69 Å². The minimum Gasteiger partial charge on any atom is -0.364 e. The summed E-state index contributed by atoms with van der Waals surface area (Å²) < 4.78 is 1.74. The highest BCUT2D eigenvalue weighted by molar-refractivity contribution is 5.95. The smallest absolute Gasteiger partial charge is 0.253 e. The third-order valence-electron chi connectivity index (χ3n) is 4.04. The number of para-hydroxylation sites is 1. The molecule has 1 amide bonds. The Bertz CT molecular complexity index is 816. The summed E-state index contributed by atoms with van der Waals surface area (Å²) >= 11 is 0. The lowest BCUT2D eigenvalue weighted by Gasteiger charge is -2.08. The molecule has 4 rings (SSSR count). The first-order valence-corrected chi connectivity index (χ1v) is 7.72. The summed E-state index contributed by atoms with van der Waals surface area (Å²) in [5, 5.41) is 7.17. The zero-order valence-electron chi connectivity index (χ0n) is 12.6. The van der Waals surface area contributed by atoms with E-state index in [-0.39, 0.29) is 5.91 Å². The fourth-order valence-corrected chi connectivity index (χ4v) is 2.72. The van der Waals surface area contributed by atoms with Crippen molar-refractivity contribution >= 4 is 5.91 Å². The molecule has 2 heterocycles. The van der Waals surface area contributed by atoms with Gasteiger partial charge in [-0.05, 0) is 37.0 Å². The molecule has 0 bridgehead atoms. The van der Waals surface area contributed by atoms with Crippen LogP contribution in [0.1, 0.15) is 40.6 Å². The minimum absolute atomic E-state index is 0.0734. The Kier molecular flexibility index (Phi) is 3.42. The summed E-state index contributed by atoms with van der Waals surface area (Å²) in [7, 11) is 0. The molecule has 0 radical (unpaired) electrons. The molecule has 23 heavy (non-hydrogen) atoms. The van der Waals surface area contributed by atoms with Crippen LogP contribution in [0.3, 0.4) is 0 Å². The van der Waals surface area contributed by atoms with Crippen molar-refractivity contribution in [2.45, 2.75) is 25.3 Å². The van der Waals surface area contributed by atoms with Gasteiger partial charge in [-0.3, -0.25) is 4.79 Å². The lowest BCUT2D eigenvalue weighted by Crippen LogP contribution is -2.25. The molecule has 1 aromatic carbocycles. The first kappa shape index (κ1) is 13.8. The van der Waals surface area contributed by atoms with Gasteiger partial charge in [-0.1, -0.05) is 18.2 Å². The van der Waals surface area contributed by atoms with Crippen LogP contribution in [0, 0.1) is 0 Å². The molecule has 6 nitrogen and oxygen atoms in total. The number of aromatic amines is 1. The Morgan fingerprint density at radius 3 is 2.87 bits per heavy atom. The van der Waals surface area contributed by atoms with Crippen LogP contribution in [0.15, 0.2) is 48.9 Å². The highest BCUT2D eigenvalue weighted by Gasteiger charge is 2.29. The second kappa shape index (κ2) is 5.72. The molecule has 2 N–H and O–H groups in total. The Morgan fingerprint density at radius 2 is 2.09 bits per heavy atom. The van der Waals surface area contributed by atoms with Gasteiger partial charge in [-0.2, -0.15) is 5.10 Å². The highest BCUT2D eigenvalue weighted by Crippen LogP contribution is 2.40. The quantitative estimate of drug-likeness (QED) is 0.760. The average Bonchev–Trinajstić information content (AvgIpc) is 3.13.